The van der Waals surface area contributed by atoms with Gasteiger partial charge in [-0.1, -0.05) is 146 Å². The van der Waals surface area contributed by atoms with Crippen molar-refractivity contribution in [2.45, 2.75) is 25.7 Å². The fourth-order valence-corrected chi connectivity index (χ4v) is 14.9. The fourth-order valence-electron chi connectivity index (χ4n) is 14.9. The van der Waals surface area contributed by atoms with Gasteiger partial charge in [-0.15, -0.1) is 0 Å². The average molecular weight is 1080 g/mol. The third-order valence-electron chi connectivity index (χ3n) is 18.2. The minimum absolute atomic E-state index is 0.823. The quantitative estimate of drug-likeness (QED) is 0.167. The lowest BCUT2D eigenvalue weighted by Crippen LogP contribution is -2.31. The van der Waals surface area contributed by atoms with Crippen molar-refractivity contribution < 1.29 is 0 Å². The van der Waals surface area contributed by atoms with Gasteiger partial charge in [-0.25, -0.2) is 15.0 Å². The van der Waals surface area contributed by atoms with Gasteiger partial charge >= 0.3 is 0 Å². The van der Waals surface area contributed by atoms with Crippen molar-refractivity contribution >= 4 is 127 Å². The fraction of sp³-hybridized carbons (Fsp3) is 0.0533. The van der Waals surface area contributed by atoms with Crippen molar-refractivity contribution in [3.8, 4) is 34.5 Å². The third kappa shape index (κ3) is 6.14. The molecule has 0 aliphatic heterocycles. The summed E-state index contributed by atoms with van der Waals surface area (Å²) in [5, 5.41) is 14.3. The Morgan fingerprint density at radius 1 is 0.298 bits per heavy atom. The van der Waals surface area contributed by atoms with Crippen LogP contribution in [0.3, 0.4) is 0 Å². The minimum atomic E-state index is 0.823. The molecule has 2 aliphatic carbocycles. The van der Waals surface area contributed by atoms with E-state index >= 15 is 0 Å². The van der Waals surface area contributed by atoms with E-state index in [1.165, 1.54) is 43.4 Å². The second-order valence-electron chi connectivity index (χ2n) is 22.5. The molecule has 17 aromatic rings. The summed E-state index contributed by atoms with van der Waals surface area (Å²) < 4.78 is 14.4. The largest absolute Gasteiger partial charge is 0.308 e. The van der Waals surface area contributed by atoms with E-state index in [9.17, 15) is 0 Å². The van der Waals surface area contributed by atoms with E-state index in [4.69, 9.17) is 15.0 Å². The lowest BCUT2D eigenvalue weighted by molar-refractivity contribution is 0.940. The van der Waals surface area contributed by atoms with Gasteiger partial charge in [0.2, 0.25) is 0 Å². The molecule has 19 rings (SSSR count). The van der Waals surface area contributed by atoms with Crippen molar-refractivity contribution in [1.29, 1.82) is 0 Å². The van der Waals surface area contributed by atoms with E-state index in [1.807, 2.05) is 12.4 Å². The summed E-state index contributed by atoms with van der Waals surface area (Å²) in [6, 6.07) is 74.7. The molecule has 9 nitrogen and oxygen atoms in total. The molecule has 9 heteroatoms. The maximum atomic E-state index is 5.54. The van der Waals surface area contributed by atoms with Crippen molar-refractivity contribution in [2.24, 2.45) is 0 Å². The number of pyridine rings is 3. The van der Waals surface area contributed by atoms with Crippen LogP contribution < -0.4 is 10.6 Å². The van der Waals surface area contributed by atoms with Crippen molar-refractivity contribution in [1.82, 2.24) is 42.4 Å². The molecule has 0 fully saturated rings. The predicted molar refractivity (Wildman–Crippen MR) is 346 cm³/mol. The third-order valence-corrected chi connectivity index (χ3v) is 18.2. The zero-order valence-electron chi connectivity index (χ0n) is 45.5. The van der Waals surface area contributed by atoms with Gasteiger partial charge < -0.3 is 13.7 Å². The van der Waals surface area contributed by atoms with Crippen molar-refractivity contribution in [3.63, 3.8) is 0 Å². The summed E-state index contributed by atoms with van der Waals surface area (Å²) >= 11 is 0. The van der Waals surface area contributed by atoms with Gasteiger partial charge in [-0.3, -0.25) is 13.7 Å². The Morgan fingerprint density at radius 2 is 0.631 bits per heavy atom. The first-order chi connectivity index (χ1) is 41.7. The van der Waals surface area contributed by atoms with Gasteiger partial charge in [0.05, 0.1) is 90.8 Å². The van der Waals surface area contributed by atoms with Crippen LogP contribution in [0.1, 0.15) is 30.5 Å². The standard InChI is InChI=1S/C75H49N9/c1-10-28-58-49(19-1)50-20-2-11-29-59(50)79(58)46-37-40-67(76-43-46)82-64-34-16-7-25-55(64)70-73(82)71-56-26-8-17-35-65(56)83(68-41-38-47(44-77-68)80-60-30-12-3-21-51(60)52-22-4-13-31-61(52)80)75(71)72-57-27-9-18-36-66(57)84(74(70)72)69-42-39-48(45-78-69)81-62-32-14-5-23-53(62)54-24-6-15-33-63(54)81/h1-4,7-14,16-22,24-45H,5-6,15,23H2. The topological polar surface area (TPSA) is 68.2 Å². The SMILES string of the molecule is C1=Cc2c(c3c(n2-c2ccc(-n4c5ccccc5c5c4c4c6ccccc6n(-c6ccc(-n7c8ccccc8c8ccccc87)cn6)c4c4c6ccccc6n(-c6ccc(-n7c8ccccc8c8ccccc87)cn6)c54)nc2)=CCCC=3)CC1. The number of hydrogen-bond acceptors (Lipinski definition) is 3. The highest BCUT2D eigenvalue weighted by Crippen LogP contribution is 2.50. The van der Waals surface area contributed by atoms with Crippen LogP contribution in [-0.2, 0) is 6.42 Å². The normalized spacial score (nSPS) is 13.4. The molecule has 8 aromatic carbocycles. The van der Waals surface area contributed by atoms with Crippen LogP contribution in [0.15, 0.2) is 231 Å². The summed E-state index contributed by atoms with van der Waals surface area (Å²) in [7, 11) is 0. The molecule has 0 saturated carbocycles. The molecule has 84 heavy (non-hydrogen) atoms. The van der Waals surface area contributed by atoms with Crippen molar-refractivity contribution in [2.75, 3.05) is 0 Å². The Balaban J connectivity index is 0.918. The summed E-state index contributed by atoms with van der Waals surface area (Å²) in [5.41, 5.74) is 16.8. The van der Waals surface area contributed by atoms with E-state index < -0.39 is 0 Å². The second-order valence-corrected chi connectivity index (χ2v) is 22.5. The highest BCUT2D eigenvalue weighted by atomic mass is 15.1. The summed E-state index contributed by atoms with van der Waals surface area (Å²) in [5.74, 6) is 2.49. The van der Waals surface area contributed by atoms with Crippen LogP contribution in [0, 0.1) is 0 Å². The van der Waals surface area contributed by atoms with E-state index in [0.717, 1.165) is 148 Å². The van der Waals surface area contributed by atoms with Crippen LogP contribution in [0.25, 0.3) is 162 Å². The summed E-state index contributed by atoms with van der Waals surface area (Å²) in [4.78, 5) is 16.6. The molecular weight excluding hydrogens is 1030 g/mol. The molecule has 0 saturated heterocycles. The molecule has 0 N–H and O–H groups in total. The maximum Gasteiger partial charge on any atom is 0.137 e. The number of rotatable bonds is 6. The lowest BCUT2D eigenvalue weighted by atomic mass is 10.0. The van der Waals surface area contributed by atoms with Gasteiger partial charge in [0, 0.05) is 64.9 Å². The molecule has 0 atom stereocenters. The van der Waals surface area contributed by atoms with E-state index in [1.54, 1.807) is 0 Å². The molecule has 0 amide bonds. The van der Waals surface area contributed by atoms with E-state index in [2.05, 4.69) is 264 Å². The Labute approximate surface area is 480 Å². The minimum Gasteiger partial charge on any atom is -0.308 e. The van der Waals surface area contributed by atoms with Crippen LogP contribution in [0.5, 0.6) is 0 Å². The molecule has 0 bridgehead atoms. The van der Waals surface area contributed by atoms with Gasteiger partial charge in [0.1, 0.15) is 17.5 Å². The molecule has 0 unspecified atom stereocenters. The first-order valence-corrected chi connectivity index (χ1v) is 29.1. The number of fused-ring (bicyclic) bond motifs is 21. The van der Waals surface area contributed by atoms with Crippen LogP contribution in [0.2, 0.25) is 0 Å². The monoisotopic (exact) mass is 1080 g/mol. The van der Waals surface area contributed by atoms with Gasteiger partial charge in [-0.2, -0.15) is 0 Å². The lowest BCUT2D eigenvalue weighted by Gasteiger charge is -2.14. The maximum absolute atomic E-state index is 5.54. The van der Waals surface area contributed by atoms with E-state index in [0.29, 0.717) is 0 Å². The molecule has 0 radical (unpaired) electrons. The molecular formula is C75H49N9. The van der Waals surface area contributed by atoms with Gasteiger partial charge in [-0.05, 0) is 121 Å². The summed E-state index contributed by atoms with van der Waals surface area (Å²) in [6.07, 6.45) is 19.9. The number of benzene rings is 8. The number of nitrogens with zero attached hydrogens (tertiary/aromatic N) is 9. The highest BCUT2D eigenvalue weighted by molar-refractivity contribution is 6.40. The number of hydrogen-bond donors (Lipinski definition) is 0. The average Bonchev–Trinajstić information content (AvgIpc) is 1.65. The molecule has 2 aliphatic rings. The zero-order chi connectivity index (χ0) is 54.7. The Hall–Kier alpha value is -11.0. The van der Waals surface area contributed by atoms with Crippen molar-refractivity contribution in [3.05, 3.63) is 253 Å². The van der Waals surface area contributed by atoms with E-state index in [-0.39, 0.29) is 0 Å². The van der Waals surface area contributed by atoms with Gasteiger partial charge in [0.25, 0.3) is 0 Å². The first-order valence-electron chi connectivity index (χ1n) is 29.1. The smallest absolute Gasteiger partial charge is 0.137 e. The highest BCUT2D eigenvalue weighted by Gasteiger charge is 2.30. The Bertz CT molecular complexity index is 5540. The number of aromatic nitrogens is 9. The Kier molecular flexibility index (Phi) is 9.38. The number of para-hydroxylation sites is 7. The van der Waals surface area contributed by atoms with Gasteiger partial charge in [0.15, 0.2) is 0 Å². The number of allylic oxidation sites excluding steroid dienone is 1. The molecule has 9 aromatic heterocycles. The molecule has 394 valence electrons. The second kappa shape index (κ2) is 17.2. The predicted octanol–water partition coefficient (Wildman–Crippen LogP) is 16.5. The van der Waals surface area contributed by atoms with Crippen LogP contribution in [-0.4, -0.2) is 42.4 Å². The Morgan fingerprint density at radius 3 is 1.00 bits per heavy atom. The molecule has 0 spiro atoms. The van der Waals surface area contributed by atoms with Crippen LogP contribution in [0.4, 0.5) is 0 Å². The zero-order valence-corrected chi connectivity index (χ0v) is 45.5. The summed E-state index contributed by atoms with van der Waals surface area (Å²) in [6.45, 7) is 0. The first kappa shape index (κ1) is 45.7. The molecule has 9 heterocycles. The van der Waals surface area contributed by atoms with Crippen LogP contribution >= 0.6 is 0 Å².